The number of aryl methyl sites for hydroxylation is 1. The summed E-state index contributed by atoms with van der Waals surface area (Å²) in [6.45, 7) is 3.71. The highest BCUT2D eigenvalue weighted by molar-refractivity contribution is 7.92. The number of Topliss-reactive ketones (excluding diaryl/α,β-unsaturated/α-hetero) is 1. The van der Waals surface area contributed by atoms with E-state index in [9.17, 15) is 18.0 Å². The fourth-order valence-corrected chi connectivity index (χ4v) is 3.25. The minimum atomic E-state index is -3.42. The van der Waals surface area contributed by atoms with Crippen LogP contribution in [-0.4, -0.2) is 26.4 Å². The van der Waals surface area contributed by atoms with Gasteiger partial charge in [0.05, 0.1) is 18.0 Å². The second-order valence-corrected chi connectivity index (χ2v) is 8.29. The van der Waals surface area contributed by atoms with Crippen molar-refractivity contribution in [1.29, 1.82) is 0 Å². The van der Waals surface area contributed by atoms with Crippen LogP contribution < -0.4 is 10.0 Å². The molecule has 0 aliphatic rings. The molecule has 27 heavy (non-hydrogen) atoms. The van der Waals surface area contributed by atoms with Gasteiger partial charge < -0.3 is 5.32 Å². The number of sulfonamides is 1. The van der Waals surface area contributed by atoms with Crippen LogP contribution in [0.2, 0.25) is 0 Å². The Kier molecular flexibility index (Phi) is 6.74. The predicted molar refractivity (Wildman–Crippen MR) is 106 cm³/mol. The van der Waals surface area contributed by atoms with Gasteiger partial charge in [0.15, 0.2) is 5.78 Å². The number of hydrogen-bond acceptors (Lipinski definition) is 4. The molecule has 0 spiro atoms. The van der Waals surface area contributed by atoms with Crippen molar-refractivity contribution in [3.05, 3.63) is 65.2 Å². The zero-order valence-electron chi connectivity index (χ0n) is 15.7. The highest BCUT2D eigenvalue weighted by atomic mass is 32.2. The quantitative estimate of drug-likeness (QED) is 0.679. The lowest BCUT2D eigenvalue weighted by Crippen LogP contribution is -2.27. The second kappa shape index (κ2) is 8.81. The third kappa shape index (κ3) is 6.53. The number of amides is 1. The molecule has 0 heterocycles. The van der Waals surface area contributed by atoms with Gasteiger partial charge in [0.25, 0.3) is 0 Å². The van der Waals surface area contributed by atoms with Gasteiger partial charge in [-0.05, 0) is 25.5 Å². The molecule has 0 saturated carbocycles. The average Bonchev–Trinajstić information content (AvgIpc) is 2.59. The van der Waals surface area contributed by atoms with Crippen LogP contribution in [0, 0.1) is 6.92 Å². The van der Waals surface area contributed by atoms with Gasteiger partial charge in [-0.2, -0.15) is 0 Å². The van der Waals surface area contributed by atoms with Gasteiger partial charge in [0.1, 0.15) is 0 Å². The molecule has 2 rings (SSSR count). The molecule has 0 aromatic heterocycles. The maximum absolute atomic E-state index is 12.2. The topological polar surface area (TPSA) is 92.3 Å². The largest absolute Gasteiger partial charge is 0.349 e. The van der Waals surface area contributed by atoms with E-state index in [1.54, 1.807) is 43.3 Å². The Hall–Kier alpha value is -2.67. The smallest absolute Gasteiger partial charge is 0.229 e. The maximum Gasteiger partial charge on any atom is 0.229 e. The number of carbonyl (C=O) groups excluding carboxylic acids is 2. The average molecular weight is 388 g/mol. The number of ketones is 1. The molecular formula is C20H24N2O4S. The van der Waals surface area contributed by atoms with E-state index >= 15 is 0 Å². The highest BCUT2D eigenvalue weighted by Gasteiger charge is 2.16. The first kappa shape index (κ1) is 20.6. The van der Waals surface area contributed by atoms with Crippen molar-refractivity contribution in [2.24, 2.45) is 0 Å². The number of nitrogens with one attached hydrogen (secondary N) is 2. The summed E-state index contributed by atoms with van der Waals surface area (Å²) in [7, 11) is -3.42. The molecule has 2 N–H and O–H groups in total. The lowest BCUT2D eigenvalue weighted by atomic mass is 10.0. The number of hydrogen-bond donors (Lipinski definition) is 2. The van der Waals surface area contributed by atoms with Crippen LogP contribution >= 0.6 is 0 Å². The summed E-state index contributed by atoms with van der Waals surface area (Å²) >= 11 is 0. The van der Waals surface area contributed by atoms with Crippen molar-refractivity contribution in [2.45, 2.75) is 32.7 Å². The molecule has 1 atom stereocenters. The van der Waals surface area contributed by atoms with Crippen LogP contribution in [0.4, 0.5) is 5.69 Å². The van der Waals surface area contributed by atoms with Gasteiger partial charge in [0, 0.05) is 18.4 Å². The van der Waals surface area contributed by atoms with Crippen LogP contribution in [0.3, 0.4) is 0 Å². The Morgan fingerprint density at radius 3 is 2.26 bits per heavy atom. The van der Waals surface area contributed by atoms with Gasteiger partial charge in [-0.15, -0.1) is 0 Å². The first-order valence-electron chi connectivity index (χ1n) is 8.61. The number of para-hydroxylation sites is 1. The molecule has 6 nitrogen and oxygen atoms in total. The van der Waals surface area contributed by atoms with E-state index in [1.807, 2.05) is 19.1 Å². The SMILES string of the molecule is Cc1ccc(C(=O)CCC(=O)NC(C)c2ccccc2NS(C)(=O)=O)cc1. The van der Waals surface area contributed by atoms with Crippen LogP contribution in [0.15, 0.2) is 48.5 Å². The molecule has 2 aromatic rings. The zero-order chi connectivity index (χ0) is 20.0. The molecule has 0 bridgehead atoms. The molecule has 0 saturated heterocycles. The standard InChI is InChI=1S/C20H24N2O4S/c1-14-8-10-16(11-9-14)19(23)12-13-20(24)21-15(2)17-6-4-5-7-18(17)22-27(3,25)26/h4-11,15,22H,12-13H2,1-3H3,(H,21,24). The molecule has 0 aliphatic carbocycles. The summed E-state index contributed by atoms with van der Waals surface area (Å²) in [6, 6.07) is 13.7. The van der Waals surface area contributed by atoms with E-state index in [-0.39, 0.29) is 24.5 Å². The zero-order valence-corrected chi connectivity index (χ0v) is 16.5. The predicted octanol–water partition coefficient (Wildman–Crippen LogP) is 3.21. The van der Waals surface area contributed by atoms with Crippen molar-refractivity contribution in [3.63, 3.8) is 0 Å². The van der Waals surface area contributed by atoms with E-state index in [0.29, 0.717) is 16.8 Å². The molecular weight excluding hydrogens is 364 g/mol. The summed E-state index contributed by atoms with van der Waals surface area (Å²) in [5, 5.41) is 2.81. The molecule has 2 aromatic carbocycles. The van der Waals surface area contributed by atoms with E-state index in [1.165, 1.54) is 0 Å². The van der Waals surface area contributed by atoms with Gasteiger partial charge in [-0.1, -0.05) is 48.0 Å². The first-order valence-corrected chi connectivity index (χ1v) is 10.5. The number of carbonyl (C=O) groups is 2. The van der Waals surface area contributed by atoms with E-state index in [4.69, 9.17) is 0 Å². The lowest BCUT2D eigenvalue weighted by Gasteiger charge is -2.18. The molecule has 7 heteroatoms. The van der Waals surface area contributed by atoms with E-state index in [2.05, 4.69) is 10.0 Å². The minimum absolute atomic E-state index is 0.0682. The van der Waals surface area contributed by atoms with Crippen LogP contribution in [0.5, 0.6) is 0 Å². The van der Waals surface area contributed by atoms with Crippen molar-refractivity contribution < 1.29 is 18.0 Å². The van der Waals surface area contributed by atoms with Gasteiger partial charge in [0.2, 0.25) is 15.9 Å². The van der Waals surface area contributed by atoms with Gasteiger partial charge in [-0.3, -0.25) is 14.3 Å². The van der Waals surface area contributed by atoms with Gasteiger partial charge >= 0.3 is 0 Å². The van der Waals surface area contributed by atoms with Crippen LogP contribution in [0.25, 0.3) is 0 Å². The minimum Gasteiger partial charge on any atom is -0.349 e. The Balaban J connectivity index is 1.96. The monoisotopic (exact) mass is 388 g/mol. The third-order valence-electron chi connectivity index (χ3n) is 4.05. The first-order chi connectivity index (χ1) is 12.7. The van der Waals surface area contributed by atoms with Crippen molar-refractivity contribution >= 4 is 27.4 Å². The number of benzene rings is 2. The molecule has 1 unspecified atom stereocenters. The summed E-state index contributed by atoms with van der Waals surface area (Å²) in [5.41, 5.74) is 2.73. The Morgan fingerprint density at radius 2 is 1.63 bits per heavy atom. The summed E-state index contributed by atoms with van der Waals surface area (Å²) in [6.07, 6.45) is 1.26. The second-order valence-electron chi connectivity index (χ2n) is 6.54. The fourth-order valence-electron chi connectivity index (χ4n) is 2.67. The Bertz CT molecular complexity index is 921. The van der Waals surface area contributed by atoms with Crippen LogP contribution in [0.1, 0.15) is 47.3 Å². The lowest BCUT2D eigenvalue weighted by molar-refractivity contribution is -0.121. The number of rotatable bonds is 8. The Labute approximate surface area is 160 Å². The van der Waals surface area contributed by atoms with E-state index in [0.717, 1.165) is 11.8 Å². The van der Waals surface area contributed by atoms with Crippen molar-refractivity contribution in [2.75, 3.05) is 11.0 Å². The Morgan fingerprint density at radius 1 is 1.00 bits per heavy atom. The molecule has 1 amide bonds. The maximum atomic E-state index is 12.2. The molecule has 144 valence electrons. The van der Waals surface area contributed by atoms with E-state index < -0.39 is 16.1 Å². The molecule has 0 aliphatic heterocycles. The van der Waals surface area contributed by atoms with Crippen molar-refractivity contribution in [1.82, 2.24) is 5.32 Å². The molecule has 0 radical (unpaired) electrons. The van der Waals surface area contributed by atoms with Gasteiger partial charge in [-0.25, -0.2) is 8.42 Å². The van der Waals surface area contributed by atoms with Crippen LogP contribution in [-0.2, 0) is 14.8 Å². The summed E-state index contributed by atoms with van der Waals surface area (Å²) < 4.78 is 25.4. The molecule has 0 fully saturated rings. The normalized spacial score (nSPS) is 12.3. The third-order valence-corrected chi connectivity index (χ3v) is 4.64. The highest BCUT2D eigenvalue weighted by Crippen LogP contribution is 2.23. The summed E-state index contributed by atoms with van der Waals surface area (Å²) in [5.74, 6) is -0.353. The van der Waals surface area contributed by atoms with Crippen molar-refractivity contribution in [3.8, 4) is 0 Å². The number of anilines is 1. The fraction of sp³-hybridized carbons (Fsp3) is 0.300. The summed E-state index contributed by atoms with van der Waals surface area (Å²) in [4.78, 5) is 24.4.